The Morgan fingerprint density at radius 3 is 2.38 bits per heavy atom. The molecule has 2 rings (SSSR count). The van der Waals surface area contributed by atoms with Crippen LogP contribution >= 0.6 is 11.6 Å². The number of unbranched alkanes of at least 4 members (excludes halogenated alkanes) is 3. The summed E-state index contributed by atoms with van der Waals surface area (Å²) in [6, 6.07) is 14.1. The maximum atomic E-state index is 12.8. The Morgan fingerprint density at radius 2 is 1.74 bits per heavy atom. The van der Waals surface area contributed by atoms with Gasteiger partial charge in [-0.05, 0) is 43.2 Å². The number of benzene rings is 2. The van der Waals surface area contributed by atoms with Crippen LogP contribution in [0, 0.1) is 0 Å². The third kappa shape index (κ3) is 9.61. The van der Waals surface area contributed by atoms with E-state index in [1.807, 2.05) is 12.1 Å². The van der Waals surface area contributed by atoms with Gasteiger partial charge in [0.1, 0.15) is 12.4 Å². The molecule has 1 unspecified atom stereocenters. The number of carbonyl (C=O) groups excluding carboxylic acids is 1. The van der Waals surface area contributed by atoms with E-state index >= 15 is 0 Å². The number of aliphatic carboxylic acids is 1. The summed E-state index contributed by atoms with van der Waals surface area (Å²) in [6.45, 7) is 5.47. The molecular weight excluding hydrogens is 458 g/mol. The first-order valence-electron chi connectivity index (χ1n) is 11.7. The molecule has 186 valence electrons. The van der Waals surface area contributed by atoms with Crippen molar-refractivity contribution in [3.8, 4) is 11.5 Å². The zero-order valence-corrected chi connectivity index (χ0v) is 20.6. The van der Waals surface area contributed by atoms with E-state index in [1.54, 1.807) is 48.2 Å². The summed E-state index contributed by atoms with van der Waals surface area (Å²) in [7, 11) is 0. The van der Waals surface area contributed by atoms with E-state index in [4.69, 9.17) is 25.8 Å². The first kappa shape index (κ1) is 27.5. The molecule has 1 amide bonds. The summed E-state index contributed by atoms with van der Waals surface area (Å²) in [5.41, 5.74) is 0.842. The van der Waals surface area contributed by atoms with Crippen LogP contribution in [0.3, 0.4) is 0 Å². The summed E-state index contributed by atoms with van der Waals surface area (Å²) >= 11 is 6.12. The molecule has 7 nitrogen and oxygen atoms in total. The molecule has 0 radical (unpaired) electrons. The summed E-state index contributed by atoms with van der Waals surface area (Å²) in [6.07, 6.45) is 3.09. The van der Waals surface area contributed by atoms with E-state index in [-0.39, 0.29) is 6.42 Å². The molecule has 2 aromatic rings. The van der Waals surface area contributed by atoms with Crippen molar-refractivity contribution in [2.45, 2.75) is 52.1 Å². The minimum absolute atomic E-state index is 0.281. The van der Waals surface area contributed by atoms with Crippen LogP contribution in [0.25, 0.3) is 0 Å². The van der Waals surface area contributed by atoms with E-state index in [1.165, 1.54) is 0 Å². The SMILES string of the molecule is CCCCCCN(CCOc1ccc(CC(OCC)C(=O)O)cc1)C(=O)Oc1ccccc1Cl. The summed E-state index contributed by atoms with van der Waals surface area (Å²) in [5, 5.41) is 9.62. The lowest BCUT2D eigenvalue weighted by Gasteiger charge is -2.22. The molecule has 34 heavy (non-hydrogen) atoms. The fourth-order valence-electron chi connectivity index (χ4n) is 3.34. The van der Waals surface area contributed by atoms with Gasteiger partial charge >= 0.3 is 12.1 Å². The fraction of sp³-hybridized carbons (Fsp3) is 0.462. The van der Waals surface area contributed by atoms with Crippen LogP contribution in [0.5, 0.6) is 11.5 Å². The highest BCUT2D eigenvalue weighted by atomic mass is 35.5. The molecule has 0 bridgehead atoms. The molecule has 0 spiro atoms. The number of carboxylic acid groups (broad SMARTS) is 1. The highest BCUT2D eigenvalue weighted by Crippen LogP contribution is 2.24. The molecule has 1 atom stereocenters. The maximum absolute atomic E-state index is 12.8. The van der Waals surface area contributed by atoms with Crippen molar-refractivity contribution in [1.29, 1.82) is 0 Å². The van der Waals surface area contributed by atoms with Gasteiger partial charge in [0, 0.05) is 19.6 Å². The van der Waals surface area contributed by atoms with Crippen molar-refractivity contribution >= 4 is 23.7 Å². The minimum atomic E-state index is -0.982. The fourth-order valence-corrected chi connectivity index (χ4v) is 3.51. The lowest BCUT2D eigenvalue weighted by molar-refractivity contribution is -0.149. The van der Waals surface area contributed by atoms with Crippen molar-refractivity contribution < 1.29 is 28.9 Å². The molecule has 0 aliphatic heterocycles. The number of para-hydroxylation sites is 1. The minimum Gasteiger partial charge on any atom is -0.492 e. The number of nitrogens with zero attached hydrogens (tertiary/aromatic N) is 1. The predicted octanol–water partition coefficient (Wildman–Crippen LogP) is 5.83. The molecule has 1 N–H and O–H groups in total. The zero-order valence-electron chi connectivity index (χ0n) is 19.9. The monoisotopic (exact) mass is 491 g/mol. The van der Waals surface area contributed by atoms with Crippen LogP contribution in [0.2, 0.25) is 5.02 Å². The van der Waals surface area contributed by atoms with Gasteiger partial charge in [0.15, 0.2) is 11.9 Å². The van der Waals surface area contributed by atoms with Gasteiger partial charge in [-0.3, -0.25) is 0 Å². The highest BCUT2D eigenvalue weighted by molar-refractivity contribution is 6.32. The average molecular weight is 492 g/mol. The van der Waals surface area contributed by atoms with Crippen LogP contribution in [-0.2, 0) is 16.0 Å². The van der Waals surface area contributed by atoms with Crippen molar-refractivity contribution in [3.05, 3.63) is 59.1 Å². The van der Waals surface area contributed by atoms with E-state index < -0.39 is 18.2 Å². The van der Waals surface area contributed by atoms with Crippen LogP contribution in [0.1, 0.15) is 45.1 Å². The first-order chi connectivity index (χ1) is 16.4. The van der Waals surface area contributed by atoms with Gasteiger partial charge in [0.05, 0.1) is 11.6 Å². The number of hydrogen-bond acceptors (Lipinski definition) is 5. The Balaban J connectivity index is 1.91. The molecule has 0 aliphatic carbocycles. The van der Waals surface area contributed by atoms with E-state index in [0.717, 1.165) is 31.2 Å². The van der Waals surface area contributed by atoms with Gasteiger partial charge in [-0.2, -0.15) is 0 Å². The molecular formula is C26H34ClNO6. The molecule has 2 aromatic carbocycles. The second-order valence-electron chi connectivity index (χ2n) is 7.82. The molecule has 0 saturated carbocycles. The standard InChI is InChI=1S/C26H34ClNO6/c1-3-5-6-9-16-28(26(31)34-23-11-8-7-10-22(23)27)17-18-33-21-14-12-20(13-15-21)19-24(25(29)30)32-4-2/h7-8,10-15,24H,3-6,9,16-19H2,1-2H3,(H,29,30). The van der Waals surface area contributed by atoms with Gasteiger partial charge < -0.3 is 24.2 Å². The summed E-state index contributed by atoms with van der Waals surface area (Å²) in [4.78, 5) is 25.7. The Kier molecular flexibility index (Phi) is 12.3. The van der Waals surface area contributed by atoms with Gasteiger partial charge in [0.25, 0.3) is 0 Å². The quantitative estimate of drug-likeness (QED) is 0.315. The normalized spacial score (nSPS) is 11.6. The highest BCUT2D eigenvalue weighted by Gasteiger charge is 2.19. The van der Waals surface area contributed by atoms with Crippen molar-refractivity contribution in [2.24, 2.45) is 0 Å². The van der Waals surface area contributed by atoms with Crippen molar-refractivity contribution in [3.63, 3.8) is 0 Å². The Labute approximate surface area is 206 Å². The molecule has 8 heteroatoms. The number of hydrogen-bond donors (Lipinski definition) is 1. The second kappa shape index (κ2) is 15.2. The topological polar surface area (TPSA) is 85.3 Å². The Hall–Kier alpha value is -2.77. The van der Waals surface area contributed by atoms with E-state index in [0.29, 0.717) is 42.8 Å². The van der Waals surface area contributed by atoms with Crippen LogP contribution in [-0.4, -0.2) is 54.5 Å². The molecule has 0 fully saturated rings. The number of ether oxygens (including phenoxy) is 3. The third-order valence-electron chi connectivity index (χ3n) is 5.19. The number of halogens is 1. The molecule has 0 aromatic heterocycles. The van der Waals surface area contributed by atoms with Crippen LogP contribution in [0.15, 0.2) is 48.5 Å². The summed E-state index contributed by atoms with van der Waals surface area (Å²) < 4.78 is 16.6. The number of rotatable bonds is 15. The summed E-state index contributed by atoms with van der Waals surface area (Å²) in [5.74, 6) is -0.0155. The number of amides is 1. The maximum Gasteiger partial charge on any atom is 0.415 e. The third-order valence-corrected chi connectivity index (χ3v) is 5.50. The van der Waals surface area contributed by atoms with E-state index in [9.17, 15) is 14.7 Å². The second-order valence-corrected chi connectivity index (χ2v) is 8.23. The van der Waals surface area contributed by atoms with Crippen molar-refractivity contribution in [1.82, 2.24) is 4.90 Å². The smallest absolute Gasteiger partial charge is 0.415 e. The van der Waals surface area contributed by atoms with Gasteiger partial charge in [-0.1, -0.05) is 62.1 Å². The molecule has 0 saturated heterocycles. The van der Waals surface area contributed by atoms with Crippen LogP contribution < -0.4 is 9.47 Å². The lowest BCUT2D eigenvalue weighted by atomic mass is 10.1. The Bertz CT molecular complexity index is 889. The van der Waals surface area contributed by atoms with E-state index in [2.05, 4.69) is 6.92 Å². The van der Waals surface area contributed by atoms with Gasteiger partial charge in [0.2, 0.25) is 0 Å². The number of carbonyl (C=O) groups is 2. The van der Waals surface area contributed by atoms with Gasteiger partial charge in [-0.15, -0.1) is 0 Å². The Morgan fingerprint density at radius 1 is 1.00 bits per heavy atom. The molecule has 0 heterocycles. The number of carboxylic acids is 1. The van der Waals surface area contributed by atoms with Crippen LogP contribution in [0.4, 0.5) is 4.79 Å². The zero-order chi connectivity index (χ0) is 24.8. The largest absolute Gasteiger partial charge is 0.492 e. The van der Waals surface area contributed by atoms with Crippen molar-refractivity contribution in [2.75, 3.05) is 26.3 Å². The molecule has 0 aliphatic rings. The average Bonchev–Trinajstić information content (AvgIpc) is 2.82. The predicted molar refractivity (Wildman–Crippen MR) is 132 cm³/mol. The lowest BCUT2D eigenvalue weighted by Crippen LogP contribution is -2.37. The van der Waals surface area contributed by atoms with Gasteiger partial charge in [-0.25, -0.2) is 9.59 Å². The first-order valence-corrected chi connectivity index (χ1v) is 12.1.